The number of methoxy groups -OCH3 is 1. The summed E-state index contributed by atoms with van der Waals surface area (Å²) in [6, 6.07) is 16.8. The van der Waals surface area contributed by atoms with Gasteiger partial charge in [-0.3, -0.25) is 4.79 Å². The number of nitrogens with zero attached hydrogens (tertiary/aromatic N) is 2. The van der Waals surface area contributed by atoms with Crippen LogP contribution in [0.15, 0.2) is 60.9 Å². The van der Waals surface area contributed by atoms with E-state index in [9.17, 15) is 4.79 Å². The number of para-hydroxylation sites is 1. The fraction of sp³-hybridized carbons (Fsp3) is 0.227. The number of amides is 1. The lowest BCUT2D eigenvalue weighted by Gasteiger charge is -2.20. The largest absolute Gasteiger partial charge is 0.496 e. The Morgan fingerprint density at radius 1 is 1.00 bits per heavy atom. The highest BCUT2D eigenvalue weighted by molar-refractivity contribution is 5.95. The first-order valence-corrected chi connectivity index (χ1v) is 9.01. The number of rotatable bonds is 5. The van der Waals surface area contributed by atoms with Crippen molar-refractivity contribution < 1.29 is 9.53 Å². The van der Waals surface area contributed by atoms with Crippen LogP contribution in [0.1, 0.15) is 31.1 Å². The molecule has 0 radical (unpaired) electrons. The second-order valence-electron chi connectivity index (χ2n) is 7.40. The Morgan fingerprint density at radius 3 is 2.39 bits per heavy atom. The fourth-order valence-corrected chi connectivity index (χ4v) is 2.69. The lowest BCUT2D eigenvalue weighted by Crippen LogP contribution is -2.40. The molecular formula is C22H24N4O2. The maximum atomic E-state index is 12.2. The smallest absolute Gasteiger partial charge is 0.251 e. The van der Waals surface area contributed by atoms with Gasteiger partial charge in [-0.2, -0.15) is 0 Å². The van der Waals surface area contributed by atoms with Crippen molar-refractivity contribution in [3.05, 3.63) is 66.5 Å². The lowest BCUT2D eigenvalue weighted by atomic mass is 10.1. The van der Waals surface area contributed by atoms with Crippen LogP contribution < -0.4 is 15.4 Å². The second kappa shape index (κ2) is 8.08. The summed E-state index contributed by atoms with van der Waals surface area (Å²) in [6.07, 6.45) is 1.51. The third kappa shape index (κ3) is 4.85. The molecule has 1 amide bonds. The molecule has 0 aliphatic carbocycles. The minimum atomic E-state index is -0.274. The summed E-state index contributed by atoms with van der Waals surface area (Å²) in [6.45, 7) is 5.86. The molecule has 2 N–H and O–H groups in total. The van der Waals surface area contributed by atoms with Gasteiger partial charge in [0.25, 0.3) is 5.91 Å². The van der Waals surface area contributed by atoms with E-state index >= 15 is 0 Å². The van der Waals surface area contributed by atoms with E-state index in [0.29, 0.717) is 11.4 Å². The van der Waals surface area contributed by atoms with Crippen molar-refractivity contribution >= 4 is 17.4 Å². The van der Waals surface area contributed by atoms with Gasteiger partial charge in [0, 0.05) is 28.4 Å². The number of carbonyl (C=O) groups is 1. The zero-order valence-electron chi connectivity index (χ0n) is 16.5. The number of nitrogens with one attached hydrogen (secondary N) is 2. The van der Waals surface area contributed by atoms with Gasteiger partial charge in [0.2, 0.25) is 0 Å². The van der Waals surface area contributed by atoms with Crippen molar-refractivity contribution in [1.82, 2.24) is 15.3 Å². The molecule has 6 heteroatoms. The van der Waals surface area contributed by atoms with Crippen LogP contribution in [0.2, 0.25) is 0 Å². The molecule has 0 spiro atoms. The van der Waals surface area contributed by atoms with E-state index in [1.54, 1.807) is 19.2 Å². The maximum absolute atomic E-state index is 12.2. The van der Waals surface area contributed by atoms with Crippen molar-refractivity contribution in [3.63, 3.8) is 0 Å². The minimum Gasteiger partial charge on any atom is -0.496 e. The Balaban J connectivity index is 1.77. The number of aromatic nitrogens is 2. The number of anilines is 2. The molecule has 0 bridgehead atoms. The SMILES string of the molecule is COc1ccccc1-c1cc(Nc2ccc(C(=O)NC(C)(C)C)cc2)ncn1. The summed E-state index contributed by atoms with van der Waals surface area (Å²) in [5, 5.41) is 6.19. The van der Waals surface area contributed by atoms with E-state index in [1.807, 2.05) is 63.2 Å². The number of ether oxygens (including phenoxy) is 1. The van der Waals surface area contributed by atoms with Crippen LogP contribution in [-0.4, -0.2) is 28.5 Å². The Hall–Kier alpha value is -3.41. The van der Waals surface area contributed by atoms with Crippen LogP contribution in [0, 0.1) is 0 Å². The van der Waals surface area contributed by atoms with Crippen LogP contribution in [-0.2, 0) is 0 Å². The molecule has 0 aliphatic heterocycles. The van der Waals surface area contributed by atoms with Crippen molar-refractivity contribution in [2.45, 2.75) is 26.3 Å². The van der Waals surface area contributed by atoms with Crippen LogP contribution in [0.5, 0.6) is 5.75 Å². The Morgan fingerprint density at radius 2 is 1.71 bits per heavy atom. The molecule has 28 heavy (non-hydrogen) atoms. The molecule has 144 valence electrons. The first-order chi connectivity index (χ1) is 13.4. The van der Waals surface area contributed by atoms with Gasteiger partial charge in [-0.1, -0.05) is 12.1 Å². The van der Waals surface area contributed by atoms with E-state index in [2.05, 4.69) is 20.6 Å². The zero-order valence-corrected chi connectivity index (χ0v) is 16.5. The monoisotopic (exact) mass is 376 g/mol. The van der Waals surface area contributed by atoms with E-state index in [1.165, 1.54) is 6.33 Å². The number of benzene rings is 2. The standard InChI is InChI=1S/C22H24N4O2/c1-22(2,3)26-21(27)15-9-11-16(12-10-15)25-20-13-18(23-14-24-20)17-7-5-6-8-19(17)28-4/h5-14H,1-4H3,(H,26,27)(H,23,24,25). The van der Waals surface area contributed by atoms with Gasteiger partial charge in [0.1, 0.15) is 17.9 Å². The molecule has 0 aliphatic rings. The van der Waals surface area contributed by atoms with Crippen LogP contribution >= 0.6 is 0 Å². The molecule has 6 nitrogen and oxygen atoms in total. The lowest BCUT2D eigenvalue weighted by molar-refractivity contribution is 0.0919. The van der Waals surface area contributed by atoms with Crippen molar-refractivity contribution in [1.29, 1.82) is 0 Å². The summed E-state index contributed by atoms with van der Waals surface area (Å²) in [5.74, 6) is 1.31. The maximum Gasteiger partial charge on any atom is 0.251 e. The highest BCUT2D eigenvalue weighted by Gasteiger charge is 2.15. The average molecular weight is 376 g/mol. The molecule has 3 rings (SSSR count). The summed E-state index contributed by atoms with van der Waals surface area (Å²) in [5.41, 5.74) is 2.82. The third-order valence-electron chi connectivity index (χ3n) is 3.96. The molecule has 0 fully saturated rings. The molecule has 0 atom stereocenters. The first-order valence-electron chi connectivity index (χ1n) is 9.01. The highest BCUT2D eigenvalue weighted by Crippen LogP contribution is 2.29. The van der Waals surface area contributed by atoms with Gasteiger partial charge in [-0.15, -0.1) is 0 Å². The average Bonchev–Trinajstić information content (AvgIpc) is 2.67. The molecule has 0 unspecified atom stereocenters. The van der Waals surface area contributed by atoms with Crippen molar-refractivity contribution in [3.8, 4) is 17.0 Å². The molecule has 3 aromatic rings. The Labute approximate surface area is 165 Å². The van der Waals surface area contributed by atoms with Crippen molar-refractivity contribution in [2.75, 3.05) is 12.4 Å². The third-order valence-corrected chi connectivity index (χ3v) is 3.96. The topological polar surface area (TPSA) is 76.1 Å². The van der Waals surface area contributed by atoms with Crippen molar-refractivity contribution in [2.24, 2.45) is 0 Å². The summed E-state index contributed by atoms with van der Waals surface area (Å²) < 4.78 is 5.41. The van der Waals surface area contributed by atoms with Crippen LogP contribution in [0.25, 0.3) is 11.3 Å². The van der Waals surface area contributed by atoms with E-state index in [0.717, 1.165) is 22.7 Å². The predicted octanol–water partition coefficient (Wildman–Crippen LogP) is 4.42. The van der Waals surface area contributed by atoms with Gasteiger partial charge in [-0.05, 0) is 57.2 Å². The van der Waals surface area contributed by atoms with E-state index in [-0.39, 0.29) is 11.4 Å². The first kappa shape index (κ1) is 19.4. The fourth-order valence-electron chi connectivity index (χ4n) is 2.69. The van der Waals surface area contributed by atoms with Gasteiger partial charge in [-0.25, -0.2) is 9.97 Å². The molecule has 2 aromatic carbocycles. The van der Waals surface area contributed by atoms with E-state index in [4.69, 9.17) is 4.74 Å². The minimum absolute atomic E-state index is 0.0976. The molecule has 1 heterocycles. The predicted molar refractivity (Wildman–Crippen MR) is 111 cm³/mol. The Bertz CT molecular complexity index is 963. The Kier molecular flexibility index (Phi) is 5.59. The molecule has 0 saturated heterocycles. The molecule has 0 saturated carbocycles. The number of carbonyl (C=O) groups excluding carboxylic acids is 1. The summed E-state index contributed by atoms with van der Waals surface area (Å²) in [4.78, 5) is 20.9. The van der Waals surface area contributed by atoms with E-state index < -0.39 is 0 Å². The number of hydrogen-bond acceptors (Lipinski definition) is 5. The molecule has 1 aromatic heterocycles. The summed E-state index contributed by atoms with van der Waals surface area (Å²) in [7, 11) is 1.64. The second-order valence-corrected chi connectivity index (χ2v) is 7.40. The molecular weight excluding hydrogens is 352 g/mol. The highest BCUT2D eigenvalue weighted by atomic mass is 16.5. The van der Waals surface area contributed by atoms with Gasteiger partial charge in [0.15, 0.2) is 0 Å². The van der Waals surface area contributed by atoms with Crippen LogP contribution in [0.3, 0.4) is 0 Å². The number of hydrogen-bond donors (Lipinski definition) is 2. The zero-order chi connectivity index (χ0) is 20.1. The van der Waals surface area contributed by atoms with Gasteiger partial charge in [0.05, 0.1) is 12.8 Å². The van der Waals surface area contributed by atoms with Crippen LogP contribution in [0.4, 0.5) is 11.5 Å². The van der Waals surface area contributed by atoms with Gasteiger partial charge >= 0.3 is 0 Å². The summed E-state index contributed by atoms with van der Waals surface area (Å²) >= 11 is 0. The van der Waals surface area contributed by atoms with Gasteiger partial charge < -0.3 is 15.4 Å². The normalized spacial score (nSPS) is 11.0. The quantitative estimate of drug-likeness (QED) is 0.689.